The number of amides is 2. The third kappa shape index (κ3) is 4.43. The second-order valence-electron chi connectivity index (χ2n) is 8.19. The quantitative estimate of drug-likeness (QED) is 0.763. The maximum absolute atomic E-state index is 12.9. The molecule has 3 heterocycles. The van der Waals surface area contributed by atoms with Gasteiger partial charge in [-0.05, 0) is 45.1 Å². The molecule has 2 amide bonds. The van der Waals surface area contributed by atoms with Crippen LogP contribution in [0.25, 0.3) is 0 Å². The molecule has 2 aliphatic heterocycles. The first-order chi connectivity index (χ1) is 13.3. The number of β-amino-alcohol motifs (C(OH)–C–C–N with tert-alkyl or cyclic N) is 1. The molecule has 3 rings (SSSR count). The summed E-state index contributed by atoms with van der Waals surface area (Å²) in [5, 5.41) is 9.22. The van der Waals surface area contributed by atoms with Crippen LogP contribution >= 0.6 is 0 Å². The van der Waals surface area contributed by atoms with E-state index in [0.29, 0.717) is 44.6 Å². The first kappa shape index (κ1) is 20.5. The van der Waals surface area contributed by atoms with Crippen molar-refractivity contribution >= 4 is 11.8 Å². The Kier molecular flexibility index (Phi) is 6.17. The van der Waals surface area contributed by atoms with Gasteiger partial charge in [-0.3, -0.25) is 9.59 Å². The van der Waals surface area contributed by atoms with E-state index >= 15 is 0 Å². The molecule has 28 heavy (non-hydrogen) atoms. The van der Waals surface area contributed by atoms with Crippen molar-refractivity contribution in [2.75, 3.05) is 32.8 Å². The molecule has 2 N–H and O–H groups in total. The molecule has 1 aromatic rings. The van der Waals surface area contributed by atoms with Crippen molar-refractivity contribution in [3.05, 3.63) is 27.4 Å². The molecule has 2 aliphatic rings. The summed E-state index contributed by atoms with van der Waals surface area (Å²) in [4.78, 5) is 46.7. The number of aliphatic hydroxyl groups excluding tert-OH is 1. The molecule has 2 saturated heterocycles. The zero-order valence-electron chi connectivity index (χ0n) is 16.8. The number of aromatic amines is 1. The molecule has 8 nitrogen and oxygen atoms in total. The molecule has 0 saturated carbocycles. The van der Waals surface area contributed by atoms with Gasteiger partial charge in [-0.1, -0.05) is 0 Å². The monoisotopic (exact) mass is 390 g/mol. The van der Waals surface area contributed by atoms with Gasteiger partial charge in [-0.2, -0.15) is 4.98 Å². The SMILES string of the molecule is Cc1nc(=O)[nH]c(C)c1CCC(=O)N1CCC[C@@]2(CCC(=O)N(CCO)C2)C1. The van der Waals surface area contributed by atoms with Crippen LogP contribution in [0.5, 0.6) is 0 Å². The topological polar surface area (TPSA) is 107 Å². The van der Waals surface area contributed by atoms with Crippen LogP contribution in [-0.2, 0) is 16.0 Å². The molecular weight excluding hydrogens is 360 g/mol. The third-order valence-electron chi connectivity index (χ3n) is 6.17. The number of aliphatic hydroxyl groups is 1. The van der Waals surface area contributed by atoms with Crippen molar-refractivity contribution in [2.45, 2.75) is 52.4 Å². The van der Waals surface area contributed by atoms with Crippen molar-refractivity contribution in [1.82, 2.24) is 19.8 Å². The summed E-state index contributed by atoms with van der Waals surface area (Å²) in [6.07, 6.45) is 4.17. The van der Waals surface area contributed by atoms with E-state index in [1.165, 1.54) is 0 Å². The Balaban J connectivity index is 1.63. The Morgan fingerprint density at radius 3 is 2.75 bits per heavy atom. The highest BCUT2D eigenvalue weighted by atomic mass is 16.3. The fourth-order valence-corrected chi connectivity index (χ4v) is 4.69. The molecule has 154 valence electrons. The van der Waals surface area contributed by atoms with Crippen molar-refractivity contribution in [2.24, 2.45) is 5.41 Å². The Hall–Kier alpha value is -2.22. The number of carbonyl (C=O) groups excluding carboxylic acids is 2. The van der Waals surface area contributed by atoms with Crippen LogP contribution in [0, 0.1) is 19.3 Å². The number of nitrogens with one attached hydrogen (secondary N) is 1. The minimum Gasteiger partial charge on any atom is -0.395 e. The highest BCUT2D eigenvalue weighted by Crippen LogP contribution is 2.39. The number of aromatic nitrogens is 2. The van der Waals surface area contributed by atoms with Crippen molar-refractivity contribution in [3.63, 3.8) is 0 Å². The van der Waals surface area contributed by atoms with Crippen LogP contribution < -0.4 is 5.69 Å². The summed E-state index contributed by atoms with van der Waals surface area (Å²) >= 11 is 0. The maximum atomic E-state index is 12.9. The lowest BCUT2D eigenvalue weighted by Crippen LogP contribution is -2.55. The van der Waals surface area contributed by atoms with Gasteiger partial charge in [0.05, 0.1) is 6.61 Å². The average molecular weight is 390 g/mol. The predicted octanol–water partition coefficient (Wildman–Crippen LogP) is 0.543. The molecule has 0 aliphatic carbocycles. The Labute approximate surface area is 164 Å². The summed E-state index contributed by atoms with van der Waals surface area (Å²) in [7, 11) is 0. The van der Waals surface area contributed by atoms with Crippen LogP contribution in [0.2, 0.25) is 0 Å². The van der Waals surface area contributed by atoms with E-state index in [4.69, 9.17) is 0 Å². The zero-order valence-corrected chi connectivity index (χ0v) is 16.8. The van der Waals surface area contributed by atoms with Crippen LogP contribution in [0.15, 0.2) is 4.79 Å². The minimum atomic E-state index is -0.359. The van der Waals surface area contributed by atoms with E-state index in [2.05, 4.69) is 9.97 Å². The smallest absolute Gasteiger partial charge is 0.345 e. The summed E-state index contributed by atoms with van der Waals surface area (Å²) < 4.78 is 0. The first-order valence-corrected chi connectivity index (χ1v) is 10.1. The van der Waals surface area contributed by atoms with Crippen molar-refractivity contribution < 1.29 is 14.7 Å². The molecule has 8 heteroatoms. The summed E-state index contributed by atoms with van der Waals surface area (Å²) in [6.45, 7) is 6.01. The van der Waals surface area contributed by atoms with Gasteiger partial charge < -0.3 is 19.9 Å². The van der Waals surface area contributed by atoms with E-state index in [1.54, 1.807) is 11.8 Å². The summed E-state index contributed by atoms with van der Waals surface area (Å²) in [5.41, 5.74) is 1.96. The third-order valence-corrected chi connectivity index (χ3v) is 6.17. The highest BCUT2D eigenvalue weighted by Gasteiger charge is 2.42. The average Bonchev–Trinajstić information content (AvgIpc) is 2.64. The Bertz CT molecular complexity index is 780. The zero-order chi connectivity index (χ0) is 20.3. The van der Waals surface area contributed by atoms with Gasteiger partial charge in [-0.15, -0.1) is 0 Å². The number of carbonyl (C=O) groups is 2. The highest BCUT2D eigenvalue weighted by molar-refractivity contribution is 5.78. The van der Waals surface area contributed by atoms with Crippen LogP contribution in [-0.4, -0.2) is 69.5 Å². The summed E-state index contributed by atoms with van der Waals surface area (Å²) in [6, 6.07) is 0. The van der Waals surface area contributed by atoms with E-state index in [0.717, 1.165) is 37.1 Å². The lowest BCUT2D eigenvalue weighted by molar-refractivity contribution is -0.143. The fraction of sp³-hybridized carbons (Fsp3) is 0.700. The Morgan fingerprint density at radius 1 is 1.25 bits per heavy atom. The van der Waals surface area contributed by atoms with Gasteiger partial charge in [0.25, 0.3) is 0 Å². The molecule has 0 aromatic carbocycles. The molecular formula is C20H30N4O4. The van der Waals surface area contributed by atoms with E-state index in [-0.39, 0.29) is 29.5 Å². The molecule has 1 aromatic heterocycles. The number of piperidine rings is 2. The van der Waals surface area contributed by atoms with E-state index in [1.807, 2.05) is 11.8 Å². The standard InChI is InChI=1S/C20H30N4O4/c1-14-16(15(2)22-19(28)21-14)4-5-17(26)23-9-3-7-20(12-23)8-6-18(27)24(13-20)10-11-25/h25H,3-13H2,1-2H3,(H,21,22,28)/t20-/m1/s1. The second-order valence-corrected chi connectivity index (χ2v) is 8.19. The van der Waals surface area contributed by atoms with Gasteiger partial charge in [0.2, 0.25) is 11.8 Å². The lowest BCUT2D eigenvalue weighted by Gasteiger charge is -2.48. The number of hydrogen-bond donors (Lipinski definition) is 2. The lowest BCUT2D eigenvalue weighted by atomic mass is 9.73. The largest absolute Gasteiger partial charge is 0.395 e. The Morgan fingerprint density at radius 2 is 2.04 bits per heavy atom. The van der Waals surface area contributed by atoms with Crippen molar-refractivity contribution in [3.8, 4) is 0 Å². The van der Waals surface area contributed by atoms with Gasteiger partial charge in [-0.25, -0.2) is 4.79 Å². The molecule has 0 radical (unpaired) electrons. The maximum Gasteiger partial charge on any atom is 0.345 e. The van der Waals surface area contributed by atoms with Crippen LogP contribution in [0.4, 0.5) is 0 Å². The number of rotatable bonds is 5. The second kappa shape index (κ2) is 8.43. The number of nitrogens with zero attached hydrogens (tertiary/aromatic N) is 3. The number of aryl methyl sites for hydroxylation is 2. The molecule has 1 atom stereocenters. The minimum absolute atomic E-state index is 0.0314. The van der Waals surface area contributed by atoms with Gasteiger partial charge in [0.1, 0.15) is 0 Å². The molecule has 1 spiro atoms. The van der Waals surface area contributed by atoms with Crippen molar-refractivity contribution in [1.29, 1.82) is 0 Å². The summed E-state index contributed by atoms with van der Waals surface area (Å²) in [5.74, 6) is 0.203. The fourth-order valence-electron chi connectivity index (χ4n) is 4.69. The predicted molar refractivity (Wildman–Crippen MR) is 104 cm³/mol. The van der Waals surface area contributed by atoms with Crippen LogP contribution in [0.3, 0.4) is 0 Å². The van der Waals surface area contributed by atoms with Gasteiger partial charge in [0, 0.05) is 55.8 Å². The number of likely N-dealkylation sites (tertiary alicyclic amines) is 2. The molecule has 0 bridgehead atoms. The normalized spacial score (nSPS) is 22.8. The van der Waals surface area contributed by atoms with Gasteiger partial charge >= 0.3 is 5.69 Å². The van der Waals surface area contributed by atoms with E-state index < -0.39 is 0 Å². The number of H-pyrrole nitrogens is 1. The molecule has 0 unspecified atom stereocenters. The number of hydrogen-bond acceptors (Lipinski definition) is 5. The van der Waals surface area contributed by atoms with Crippen LogP contribution in [0.1, 0.15) is 49.1 Å². The first-order valence-electron chi connectivity index (χ1n) is 10.1. The van der Waals surface area contributed by atoms with Gasteiger partial charge in [0.15, 0.2) is 0 Å². The van der Waals surface area contributed by atoms with E-state index in [9.17, 15) is 19.5 Å². The molecule has 2 fully saturated rings.